The molecule has 0 aliphatic carbocycles. The molecule has 108 valence electrons. The van der Waals surface area contributed by atoms with Gasteiger partial charge in [-0.05, 0) is 24.6 Å². The van der Waals surface area contributed by atoms with Gasteiger partial charge in [0.05, 0.1) is 0 Å². The summed E-state index contributed by atoms with van der Waals surface area (Å²) in [6.45, 7) is 2.13. The number of carboxylic acid groups (broad SMARTS) is 1. The molecule has 0 saturated heterocycles. The molecular formula is C15H22O4Sr. The van der Waals surface area contributed by atoms with Gasteiger partial charge in [-0.25, -0.2) is 4.79 Å². The molecule has 0 unspecified atom stereocenters. The van der Waals surface area contributed by atoms with Crippen molar-refractivity contribution in [3.63, 3.8) is 0 Å². The maximum atomic E-state index is 11.9. The van der Waals surface area contributed by atoms with Crippen LogP contribution < -0.4 is 0 Å². The molecule has 2 N–H and O–H groups in total. The molecule has 0 heterocycles. The number of carbonyl (C=O) groups is 2. The number of rotatable bonds is 8. The summed E-state index contributed by atoms with van der Waals surface area (Å²) in [5, 5.41) is 18.2. The molecule has 20 heavy (non-hydrogen) atoms. The number of aromatic hydroxyl groups is 1. The van der Waals surface area contributed by atoms with Gasteiger partial charge in [-0.1, -0.05) is 32.6 Å². The summed E-state index contributed by atoms with van der Waals surface area (Å²) < 4.78 is 0. The maximum absolute atomic E-state index is 11.9. The summed E-state index contributed by atoms with van der Waals surface area (Å²) in [5.41, 5.74) is 0.127. The van der Waals surface area contributed by atoms with E-state index in [9.17, 15) is 14.7 Å². The summed E-state index contributed by atoms with van der Waals surface area (Å²) in [7, 11) is 0. The van der Waals surface area contributed by atoms with Crippen LogP contribution in [0, 0.1) is 0 Å². The molecule has 1 aromatic rings. The van der Waals surface area contributed by atoms with Crippen LogP contribution in [0.1, 0.15) is 66.2 Å². The molecule has 0 radical (unpaired) electrons. The fourth-order valence-electron chi connectivity index (χ4n) is 1.91. The van der Waals surface area contributed by atoms with Gasteiger partial charge in [-0.2, -0.15) is 0 Å². The van der Waals surface area contributed by atoms with E-state index in [2.05, 4.69) is 6.92 Å². The van der Waals surface area contributed by atoms with E-state index in [1.807, 2.05) is 0 Å². The van der Waals surface area contributed by atoms with E-state index in [1.54, 1.807) is 0 Å². The van der Waals surface area contributed by atoms with Crippen molar-refractivity contribution in [3.05, 3.63) is 29.3 Å². The first-order chi connectivity index (χ1) is 9.06. The zero-order valence-corrected chi connectivity index (χ0v) is 11.2. The normalized spacial score (nSPS) is 9.85. The van der Waals surface area contributed by atoms with Crippen LogP contribution in [-0.2, 0) is 0 Å². The molecule has 0 amide bonds. The van der Waals surface area contributed by atoms with E-state index >= 15 is 0 Å². The third-order valence-electron chi connectivity index (χ3n) is 3.06. The summed E-state index contributed by atoms with van der Waals surface area (Å²) >= 11 is 0. The van der Waals surface area contributed by atoms with Crippen LogP contribution in [0.25, 0.3) is 0 Å². The van der Waals surface area contributed by atoms with Crippen molar-refractivity contribution < 1.29 is 19.8 Å². The summed E-state index contributed by atoms with van der Waals surface area (Å²) in [6, 6.07) is 3.97. The van der Waals surface area contributed by atoms with Gasteiger partial charge >= 0.3 is 51.5 Å². The topological polar surface area (TPSA) is 74.6 Å². The molecule has 1 aromatic carbocycles. The van der Waals surface area contributed by atoms with Gasteiger partial charge in [0, 0.05) is 12.0 Å². The van der Waals surface area contributed by atoms with Crippen LogP contribution in [0.2, 0.25) is 0 Å². The molecule has 5 heteroatoms. The second-order valence-corrected chi connectivity index (χ2v) is 4.62. The Hall–Kier alpha value is -0.359. The fourth-order valence-corrected chi connectivity index (χ4v) is 1.91. The zero-order valence-electron chi connectivity index (χ0n) is 11.2. The van der Waals surface area contributed by atoms with Crippen molar-refractivity contribution in [2.75, 3.05) is 0 Å². The van der Waals surface area contributed by atoms with Crippen LogP contribution in [0.15, 0.2) is 18.2 Å². The van der Waals surface area contributed by atoms with E-state index in [0.29, 0.717) is 12.0 Å². The van der Waals surface area contributed by atoms with E-state index in [0.717, 1.165) is 25.7 Å². The monoisotopic (exact) mass is 354 g/mol. The number of Topliss-reactive ketones (excluding diaryl/α,β-unsaturated/α-hetero) is 1. The van der Waals surface area contributed by atoms with Gasteiger partial charge in [0.1, 0.15) is 11.3 Å². The third-order valence-corrected chi connectivity index (χ3v) is 3.06. The number of carboxylic acids is 1. The van der Waals surface area contributed by atoms with Gasteiger partial charge < -0.3 is 10.2 Å². The molecule has 0 fully saturated rings. The Balaban J connectivity index is 0.00000361. The van der Waals surface area contributed by atoms with Gasteiger partial charge in [0.25, 0.3) is 0 Å². The van der Waals surface area contributed by atoms with Crippen molar-refractivity contribution in [2.24, 2.45) is 0 Å². The van der Waals surface area contributed by atoms with Gasteiger partial charge in [0.2, 0.25) is 0 Å². The SMILES string of the molecule is CCCCCCCC(=O)c1ccc(O)c(C(=O)O)c1.[SrH2]. The van der Waals surface area contributed by atoms with Crippen molar-refractivity contribution in [2.45, 2.75) is 45.4 Å². The molecule has 0 saturated carbocycles. The Labute approximate surface area is 156 Å². The first-order valence-electron chi connectivity index (χ1n) is 6.65. The summed E-state index contributed by atoms with van der Waals surface area (Å²) in [5.74, 6) is -1.61. The number of carbonyl (C=O) groups excluding carboxylic acids is 1. The number of aromatic carboxylic acids is 1. The molecule has 4 nitrogen and oxygen atoms in total. The zero-order chi connectivity index (χ0) is 14.3. The van der Waals surface area contributed by atoms with Crippen LogP contribution in [0.4, 0.5) is 0 Å². The molecule has 0 aliphatic heterocycles. The number of hydrogen-bond donors (Lipinski definition) is 2. The van der Waals surface area contributed by atoms with Crippen molar-refractivity contribution >= 4 is 57.2 Å². The van der Waals surface area contributed by atoms with E-state index in [1.165, 1.54) is 24.6 Å². The van der Waals surface area contributed by atoms with Crippen LogP contribution >= 0.6 is 0 Å². The Morgan fingerprint density at radius 1 is 1.10 bits per heavy atom. The number of ketones is 1. The fraction of sp³-hybridized carbons (Fsp3) is 0.467. The Morgan fingerprint density at radius 3 is 2.35 bits per heavy atom. The predicted octanol–water partition coefficient (Wildman–Crippen LogP) is 2.72. The summed E-state index contributed by atoms with van der Waals surface area (Å²) in [4.78, 5) is 22.7. The standard InChI is InChI=1S/C15H20O4.Sr.2H/c1-2-3-4-5-6-7-13(16)11-8-9-14(17)12(10-11)15(18)19;;;/h8-10,17H,2-7H2,1H3,(H,18,19);;;. The van der Waals surface area contributed by atoms with Crippen LogP contribution in [-0.4, -0.2) is 67.4 Å². The molecule has 1 rings (SSSR count). The van der Waals surface area contributed by atoms with Gasteiger partial charge in [-0.15, -0.1) is 0 Å². The molecule has 0 atom stereocenters. The number of phenols is 1. The van der Waals surface area contributed by atoms with Crippen LogP contribution in [0.3, 0.4) is 0 Å². The summed E-state index contributed by atoms with van der Waals surface area (Å²) in [6.07, 6.45) is 5.73. The Bertz CT molecular complexity index is 457. The average Bonchev–Trinajstić information content (AvgIpc) is 2.38. The predicted molar refractivity (Wildman–Crippen MR) is 81.3 cm³/mol. The van der Waals surface area contributed by atoms with Crippen molar-refractivity contribution in [1.29, 1.82) is 0 Å². The molecule has 0 bridgehead atoms. The van der Waals surface area contributed by atoms with Crippen molar-refractivity contribution in [3.8, 4) is 5.75 Å². The Morgan fingerprint density at radius 2 is 1.75 bits per heavy atom. The van der Waals surface area contributed by atoms with Gasteiger partial charge in [-0.3, -0.25) is 4.79 Å². The minimum atomic E-state index is -1.23. The first-order valence-corrected chi connectivity index (χ1v) is 6.65. The number of hydrogen-bond acceptors (Lipinski definition) is 3. The van der Waals surface area contributed by atoms with Crippen LogP contribution in [0.5, 0.6) is 5.75 Å². The third kappa shape index (κ3) is 6.39. The number of benzene rings is 1. The Kier molecular flexibility index (Phi) is 10.2. The minimum absolute atomic E-state index is 0. The van der Waals surface area contributed by atoms with E-state index in [-0.39, 0.29) is 62.6 Å². The van der Waals surface area contributed by atoms with Gasteiger partial charge in [0.15, 0.2) is 5.78 Å². The quantitative estimate of drug-likeness (QED) is 0.428. The van der Waals surface area contributed by atoms with E-state index < -0.39 is 5.97 Å². The van der Waals surface area contributed by atoms with Crippen molar-refractivity contribution in [1.82, 2.24) is 0 Å². The van der Waals surface area contributed by atoms with E-state index in [4.69, 9.17) is 5.11 Å². The number of unbranched alkanes of at least 4 members (excludes halogenated alkanes) is 4. The first kappa shape index (κ1) is 19.6. The molecule has 0 aromatic heterocycles. The second kappa shape index (κ2) is 10.4. The molecule has 0 aliphatic rings. The second-order valence-electron chi connectivity index (χ2n) is 4.62. The molecular weight excluding hydrogens is 332 g/mol. The molecule has 0 spiro atoms. The average molecular weight is 354 g/mol.